The van der Waals surface area contributed by atoms with Crippen LogP contribution in [0, 0.1) is 10.1 Å². The van der Waals surface area contributed by atoms with Crippen molar-refractivity contribution in [1.82, 2.24) is 16.0 Å². The molecule has 56 heavy (non-hydrogen) atoms. The van der Waals surface area contributed by atoms with Gasteiger partial charge in [-0.05, 0) is 65.9 Å². The average molecular weight is 767 g/mol. The van der Waals surface area contributed by atoms with Gasteiger partial charge in [0.25, 0.3) is 5.69 Å². The van der Waals surface area contributed by atoms with Crippen molar-refractivity contribution >= 4 is 47.3 Å². The molecule has 0 spiro atoms. The molecule has 0 aromatic heterocycles. The zero-order chi connectivity index (χ0) is 40.4. The molecule has 0 saturated heterocycles. The molecular formula is C39H38N6O11. The number of hydrogen-bond acceptors (Lipinski definition) is 11. The van der Waals surface area contributed by atoms with Gasteiger partial charge in [-0.25, -0.2) is 9.59 Å². The van der Waals surface area contributed by atoms with Gasteiger partial charge in [-0.15, -0.1) is 0 Å². The Morgan fingerprint density at radius 3 is 1.89 bits per heavy atom. The number of hydrogen-bond donors (Lipinski definition) is 5. The summed E-state index contributed by atoms with van der Waals surface area (Å²) in [6.07, 6.45) is -2.43. The molecule has 290 valence electrons. The van der Waals surface area contributed by atoms with Gasteiger partial charge in [-0.3, -0.25) is 29.3 Å². The van der Waals surface area contributed by atoms with Crippen molar-refractivity contribution in [1.29, 1.82) is 0 Å². The van der Waals surface area contributed by atoms with Crippen LogP contribution in [-0.2, 0) is 35.3 Å². The number of fused-ring (bicyclic) bond motifs is 3. The van der Waals surface area contributed by atoms with Crippen LogP contribution in [0.2, 0.25) is 0 Å². The Balaban J connectivity index is 1.06. The Labute approximate surface area is 320 Å². The molecule has 6 N–H and O–H groups in total. The van der Waals surface area contributed by atoms with E-state index < -0.39 is 65.3 Å². The SMILES string of the molecule is C[C@H](NC(=O)OCC1c2ccccc2-c2ccccc21)C(=O)N[C@@H](C)C(=O)NC(CC(N)=O)C(=O)Nc1ccc(COC(=O)Oc2ccc([N+](=O)[O-])cc2)cc1. The quantitative estimate of drug-likeness (QED) is 0.0500. The van der Waals surface area contributed by atoms with Gasteiger partial charge < -0.3 is 41.2 Å². The Bertz CT molecular complexity index is 2080. The summed E-state index contributed by atoms with van der Waals surface area (Å²) < 4.78 is 15.5. The summed E-state index contributed by atoms with van der Waals surface area (Å²) in [7, 11) is 0. The van der Waals surface area contributed by atoms with E-state index in [1.165, 1.54) is 62.4 Å². The number of rotatable bonds is 15. The average Bonchev–Trinajstić information content (AvgIpc) is 3.49. The van der Waals surface area contributed by atoms with Crippen molar-refractivity contribution in [3.63, 3.8) is 0 Å². The number of ether oxygens (including phenoxy) is 3. The highest BCUT2D eigenvalue weighted by Gasteiger charge is 2.30. The monoisotopic (exact) mass is 766 g/mol. The van der Waals surface area contributed by atoms with Crippen LogP contribution in [0.1, 0.15) is 42.9 Å². The van der Waals surface area contributed by atoms with Gasteiger partial charge in [0.05, 0.1) is 11.3 Å². The molecule has 0 fully saturated rings. The molecule has 1 unspecified atom stereocenters. The molecule has 1 aliphatic rings. The minimum absolute atomic E-state index is 0.0408. The number of nitrogens with one attached hydrogen (secondary N) is 4. The molecule has 5 amide bonds. The molecule has 0 heterocycles. The van der Waals surface area contributed by atoms with Crippen molar-refractivity contribution < 1.29 is 47.9 Å². The highest BCUT2D eigenvalue weighted by Crippen LogP contribution is 2.44. The second-order valence-electron chi connectivity index (χ2n) is 12.7. The Morgan fingerprint density at radius 2 is 1.30 bits per heavy atom. The number of nitrogens with two attached hydrogens (primary N) is 1. The maximum atomic E-state index is 13.1. The van der Waals surface area contributed by atoms with Gasteiger partial charge in [0, 0.05) is 23.7 Å². The van der Waals surface area contributed by atoms with Crippen LogP contribution in [0.5, 0.6) is 5.75 Å². The second-order valence-corrected chi connectivity index (χ2v) is 12.7. The summed E-state index contributed by atoms with van der Waals surface area (Å²) in [5.41, 5.74) is 10.1. The van der Waals surface area contributed by atoms with E-state index in [1.54, 1.807) is 0 Å². The predicted molar refractivity (Wildman–Crippen MR) is 200 cm³/mol. The van der Waals surface area contributed by atoms with Gasteiger partial charge in [-0.2, -0.15) is 0 Å². The fourth-order valence-corrected chi connectivity index (χ4v) is 5.81. The molecule has 3 atom stereocenters. The number of alkyl carbamates (subject to hydrolysis) is 1. The van der Waals surface area contributed by atoms with E-state index in [9.17, 15) is 38.9 Å². The lowest BCUT2D eigenvalue weighted by Gasteiger charge is -2.22. The number of amides is 5. The first kappa shape index (κ1) is 39.9. The van der Waals surface area contributed by atoms with Crippen LogP contribution in [0.4, 0.5) is 21.0 Å². The third-order valence-electron chi connectivity index (χ3n) is 8.69. The van der Waals surface area contributed by atoms with Crippen LogP contribution in [-0.4, -0.2) is 65.5 Å². The topological polar surface area (TPSA) is 247 Å². The lowest BCUT2D eigenvalue weighted by Crippen LogP contribution is -2.55. The van der Waals surface area contributed by atoms with Gasteiger partial charge >= 0.3 is 12.2 Å². The molecule has 0 aliphatic heterocycles. The Hall–Kier alpha value is -7.30. The third-order valence-corrected chi connectivity index (χ3v) is 8.69. The van der Waals surface area contributed by atoms with E-state index in [4.69, 9.17) is 19.9 Å². The Morgan fingerprint density at radius 1 is 0.732 bits per heavy atom. The van der Waals surface area contributed by atoms with Gasteiger partial charge in [0.2, 0.25) is 23.6 Å². The first-order valence-electron chi connectivity index (χ1n) is 17.3. The maximum Gasteiger partial charge on any atom is 0.514 e. The molecule has 5 rings (SSSR count). The Kier molecular flexibility index (Phi) is 12.9. The van der Waals surface area contributed by atoms with Gasteiger partial charge in [0.15, 0.2) is 0 Å². The van der Waals surface area contributed by atoms with Crippen molar-refractivity contribution in [2.75, 3.05) is 11.9 Å². The molecule has 17 heteroatoms. The predicted octanol–water partition coefficient (Wildman–Crippen LogP) is 4.04. The second kappa shape index (κ2) is 18.2. The van der Waals surface area contributed by atoms with E-state index in [1.807, 2.05) is 48.5 Å². The summed E-state index contributed by atoms with van der Waals surface area (Å²) in [5.74, 6) is -3.30. The summed E-state index contributed by atoms with van der Waals surface area (Å²) in [6, 6.07) is 22.9. The minimum Gasteiger partial charge on any atom is -0.449 e. The molecular weight excluding hydrogens is 728 g/mol. The molecule has 0 radical (unpaired) electrons. The number of primary amides is 1. The van der Waals surface area contributed by atoms with Crippen LogP contribution < -0.4 is 31.7 Å². The smallest absolute Gasteiger partial charge is 0.449 e. The van der Waals surface area contributed by atoms with Crippen LogP contribution >= 0.6 is 0 Å². The summed E-state index contributed by atoms with van der Waals surface area (Å²) in [5, 5.41) is 20.7. The number of nitro benzene ring substituents is 1. The molecule has 0 saturated carbocycles. The van der Waals surface area contributed by atoms with Crippen molar-refractivity contribution in [2.45, 2.75) is 50.9 Å². The maximum absolute atomic E-state index is 13.1. The molecule has 17 nitrogen and oxygen atoms in total. The standard InChI is InChI=1S/C39H38N6O11/c1-22(41-35(47)23(2)42-38(50)54-21-32-30-9-5-3-7-28(30)29-8-4-6-10-31(29)32)36(48)44-33(19-34(40)46)37(49)43-25-13-11-24(12-14-25)20-55-39(51)56-27-17-15-26(16-18-27)45(52)53/h3-18,22-23,32-33H,19-21H2,1-2H3,(H2,40,46)(H,41,47)(H,42,50)(H,43,49)(H,44,48)/t22-,23-,33?/m0/s1. The number of nitro groups is 1. The number of nitrogens with zero attached hydrogens (tertiary/aromatic N) is 1. The van der Waals surface area contributed by atoms with Crippen LogP contribution in [0.25, 0.3) is 11.1 Å². The normalized spacial score (nSPS) is 13.0. The van der Waals surface area contributed by atoms with Crippen LogP contribution in [0.3, 0.4) is 0 Å². The highest BCUT2D eigenvalue weighted by atomic mass is 16.7. The number of anilines is 1. The van der Waals surface area contributed by atoms with Crippen molar-refractivity contribution in [2.24, 2.45) is 5.73 Å². The molecule has 4 aromatic carbocycles. The minimum atomic E-state index is -1.41. The fourth-order valence-electron chi connectivity index (χ4n) is 5.81. The molecule has 1 aliphatic carbocycles. The van der Waals surface area contributed by atoms with Crippen molar-refractivity contribution in [3.8, 4) is 16.9 Å². The number of carbonyl (C=O) groups is 6. The van der Waals surface area contributed by atoms with E-state index in [-0.39, 0.29) is 36.3 Å². The van der Waals surface area contributed by atoms with E-state index in [0.717, 1.165) is 22.3 Å². The van der Waals surface area contributed by atoms with Crippen molar-refractivity contribution in [3.05, 3.63) is 124 Å². The lowest BCUT2D eigenvalue weighted by atomic mass is 9.98. The number of non-ortho nitro benzene ring substituents is 1. The molecule has 0 bridgehead atoms. The number of carbonyl (C=O) groups excluding carboxylic acids is 6. The zero-order valence-corrected chi connectivity index (χ0v) is 30.2. The zero-order valence-electron chi connectivity index (χ0n) is 30.2. The third kappa shape index (κ3) is 10.4. The van der Waals surface area contributed by atoms with Gasteiger partial charge in [0.1, 0.15) is 37.1 Å². The largest absolute Gasteiger partial charge is 0.514 e. The lowest BCUT2D eigenvalue weighted by molar-refractivity contribution is -0.384. The van der Waals surface area contributed by atoms with Gasteiger partial charge in [-0.1, -0.05) is 60.7 Å². The van der Waals surface area contributed by atoms with E-state index in [2.05, 4.69) is 21.3 Å². The first-order valence-corrected chi connectivity index (χ1v) is 17.3. The fraction of sp³-hybridized carbons (Fsp3) is 0.231. The number of benzene rings is 4. The molecule has 4 aromatic rings. The van der Waals surface area contributed by atoms with E-state index >= 15 is 0 Å². The van der Waals surface area contributed by atoms with Crippen LogP contribution in [0.15, 0.2) is 97.1 Å². The summed E-state index contributed by atoms with van der Waals surface area (Å²) in [4.78, 5) is 85.6. The van der Waals surface area contributed by atoms with E-state index in [0.29, 0.717) is 5.56 Å². The highest BCUT2D eigenvalue weighted by molar-refractivity contribution is 6.00. The summed E-state index contributed by atoms with van der Waals surface area (Å²) >= 11 is 0. The first-order chi connectivity index (χ1) is 26.8. The summed E-state index contributed by atoms with van der Waals surface area (Å²) in [6.45, 7) is 2.60.